The normalized spacial score (nSPS) is 10.9. The van der Waals surface area contributed by atoms with Crippen LogP contribution in [0.15, 0.2) is 36.5 Å². The number of carbonyl (C=O) groups is 1. The minimum Gasteiger partial charge on any atom is -0.462 e. The second-order valence-corrected chi connectivity index (χ2v) is 5.10. The topological polar surface area (TPSA) is 56.5 Å². The van der Waals surface area contributed by atoms with Gasteiger partial charge in [0.25, 0.3) is 0 Å². The molecule has 0 saturated carbocycles. The van der Waals surface area contributed by atoms with E-state index in [2.05, 4.69) is 10.1 Å². The van der Waals surface area contributed by atoms with Crippen LogP contribution < -0.4 is 0 Å². The van der Waals surface area contributed by atoms with Gasteiger partial charge in [-0.3, -0.25) is 0 Å². The van der Waals surface area contributed by atoms with E-state index in [9.17, 15) is 4.79 Å². The quantitative estimate of drug-likeness (QED) is 0.548. The number of carbonyl (C=O) groups excluding carboxylic acids is 1. The fourth-order valence-electron chi connectivity index (χ4n) is 2.35. The van der Waals surface area contributed by atoms with Crippen LogP contribution in [0.4, 0.5) is 0 Å². The number of aromatic nitrogens is 3. The molecule has 6 heteroatoms. The van der Waals surface area contributed by atoms with E-state index in [1.807, 2.05) is 37.3 Å². The van der Waals surface area contributed by atoms with Crippen LogP contribution in [-0.4, -0.2) is 27.2 Å². The Morgan fingerprint density at radius 2 is 2.05 bits per heavy atom. The average Bonchev–Trinajstić information content (AvgIpc) is 2.92. The lowest BCUT2D eigenvalue weighted by Crippen LogP contribution is -2.06. The van der Waals surface area contributed by atoms with Crippen molar-refractivity contribution < 1.29 is 9.53 Å². The van der Waals surface area contributed by atoms with Crippen LogP contribution in [0.1, 0.15) is 23.0 Å². The summed E-state index contributed by atoms with van der Waals surface area (Å²) in [6.07, 6.45) is 1.43. The summed E-state index contributed by atoms with van der Waals surface area (Å²) in [5.74, 6) is -0.451. The van der Waals surface area contributed by atoms with Gasteiger partial charge >= 0.3 is 5.97 Å². The molecule has 5 nitrogen and oxygen atoms in total. The van der Waals surface area contributed by atoms with Crippen LogP contribution in [0.25, 0.3) is 16.8 Å². The van der Waals surface area contributed by atoms with Gasteiger partial charge in [0.2, 0.25) is 0 Å². The molecular weight excluding hydrogens is 302 g/mol. The summed E-state index contributed by atoms with van der Waals surface area (Å²) in [5, 5.41) is 4.59. The number of esters is 1. The molecule has 0 bridgehead atoms. The number of benzene rings is 1. The molecule has 3 aromatic rings. The number of nitrogens with zero attached hydrogens (tertiary/aromatic N) is 3. The standard InChI is InChI=1S/C16H14ClN3O2/c1-3-22-16(21)12-9-18-20-14(17)13(10(2)19-15(12)20)11-7-5-4-6-8-11/h4-9H,3H2,1-2H3. The van der Waals surface area contributed by atoms with Crippen LogP contribution in [0.3, 0.4) is 0 Å². The molecule has 0 saturated heterocycles. The number of hydrogen-bond donors (Lipinski definition) is 0. The highest BCUT2D eigenvalue weighted by Gasteiger charge is 2.20. The lowest BCUT2D eigenvalue weighted by Gasteiger charge is -2.10. The summed E-state index contributed by atoms with van der Waals surface area (Å²) in [7, 11) is 0. The lowest BCUT2D eigenvalue weighted by atomic mass is 10.1. The molecule has 1 aromatic carbocycles. The molecule has 2 heterocycles. The minimum atomic E-state index is -0.451. The largest absolute Gasteiger partial charge is 0.462 e. The fourth-order valence-corrected chi connectivity index (χ4v) is 2.72. The minimum absolute atomic E-state index is 0.297. The number of aryl methyl sites for hydroxylation is 1. The molecular formula is C16H14ClN3O2. The Morgan fingerprint density at radius 3 is 2.73 bits per heavy atom. The zero-order chi connectivity index (χ0) is 15.7. The van der Waals surface area contributed by atoms with E-state index in [0.717, 1.165) is 16.8 Å². The van der Waals surface area contributed by atoms with Crippen LogP contribution in [0.5, 0.6) is 0 Å². The van der Waals surface area contributed by atoms with Crippen LogP contribution >= 0.6 is 11.6 Å². The van der Waals surface area contributed by atoms with Crippen molar-refractivity contribution in [2.75, 3.05) is 6.61 Å². The van der Waals surface area contributed by atoms with Crippen LogP contribution in [0.2, 0.25) is 5.15 Å². The first-order chi connectivity index (χ1) is 10.6. The molecule has 0 unspecified atom stereocenters. The summed E-state index contributed by atoms with van der Waals surface area (Å²) in [6.45, 7) is 3.91. The molecule has 0 atom stereocenters. The van der Waals surface area contributed by atoms with Gasteiger partial charge in [-0.15, -0.1) is 0 Å². The first-order valence-corrected chi connectivity index (χ1v) is 7.27. The summed E-state index contributed by atoms with van der Waals surface area (Å²) in [4.78, 5) is 16.4. The molecule has 0 fully saturated rings. The summed E-state index contributed by atoms with van der Waals surface area (Å²) in [6, 6.07) is 9.71. The van der Waals surface area contributed by atoms with Crippen molar-refractivity contribution in [1.29, 1.82) is 0 Å². The van der Waals surface area contributed by atoms with E-state index in [1.54, 1.807) is 6.92 Å². The van der Waals surface area contributed by atoms with E-state index in [0.29, 0.717) is 23.0 Å². The first-order valence-electron chi connectivity index (χ1n) is 6.89. The fraction of sp³-hybridized carbons (Fsp3) is 0.188. The third-order valence-corrected chi connectivity index (χ3v) is 3.68. The van der Waals surface area contributed by atoms with Gasteiger partial charge in [0.15, 0.2) is 5.65 Å². The van der Waals surface area contributed by atoms with E-state index in [1.165, 1.54) is 10.7 Å². The van der Waals surface area contributed by atoms with Gasteiger partial charge < -0.3 is 4.74 Å². The van der Waals surface area contributed by atoms with E-state index >= 15 is 0 Å². The average molecular weight is 316 g/mol. The second kappa shape index (κ2) is 5.77. The molecule has 112 valence electrons. The van der Waals surface area contributed by atoms with Crippen LogP contribution in [-0.2, 0) is 4.74 Å². The molecule has 0 radical (unpaired) electrons. The molecule has 0 aliphatic carbocycles. The Kier molecular flexibility index (Phi) is 3.81. The monoisotopic (exact) mass is 315 g/mol. The Morgan fingerprint density at radius 1 is 1.32 bits per heavy atom. The molecule has 0 spiro atoms. The summed E-state index contributed by atoms with van der Waals surface area (Å²) in [5.41, 5.74) is 3.20. The van der Waals surface area contributed by atoms with E-state index in [-0.39, 0.29) is 0 Å². The van der Waals surface area contributed by atoms with Gasteiger partial charge in [-0.2, -0.15) is 5.10 Å². The maximum atomic E-state index is 11.9. The van der Waals surface area contributed by atoms with Crippen molar-refractivity contribution >= 4 is 23.2 Å². The van der Waals surface area contributed by atoms with Gasteiger partial charge in [0.1, 0.15) is 10.7 Å². The van der Waals surface area contributed by atoms with Gasteiger partial charge in [-0.25, -0.2) is 14.3 Å². The second-order valence-electron chi connectivity index (χ2n) is 4.74. The molecule has 3 rings (SSSR count). The summed E-state index contributed by atoms with van der Waals surface area (Å²) < 4.78 is 6.48. The third-order valence-electron chi connectivity index (χ3n) is 3.33. The highest BCUT2D eigenvalue weighted by Crippen LogP contribution is 2.31. The smallest absolute Gasteiger partial charge is 0.343 e. The Bertz CT molecular complexity index is 843. The van der Waals surface area contributed by atoms with Crippen molar-refractivity contribution in [2.45, 2.75) is 13.8 Å². The molecule has 0 aliphatic rings. The predicted octanol–water partition coefficient (Wildman–Crippen LogP) is 3.53. The highest BCUT2D eigenvalue weighted by molar-refractivity contribution is 6.32. The van der Waals surface area contributed by atoms with Crippen molar-refractivity contribution in [3.8, 4) is 11.1 Å². The Labute approximate surface area is 132 Å². The van der Waals surface area contributed by atoms with Gasteiger partial charge in [0.05, 0.1) is 18.5 Å². The molecule has 2 aromatic heterocycles. The highest BCUT2D eigenvalue weighted by atomic mass is 35.5. The number of halogens is 1. The SMILES string of the molecule is CCOC(=O)c1cnn2c(Cl)c(-c3ccccc3)c(C)nc12. The molecule has 0 amide bonds. The zero-order valence-corrected chi connectivity index (χ0v) is 13.0. The van der Waals surface area contributed by atoms with Gasteiger partial charge in [0, 0.05) is 5.56 Å². The van der Waals surface area contributed by atoms with Gasteiger partial charge in [-0.1, -0.05) is 41.9 Å². The van der Waals surface area contributed by atoms with Gasteiger partial charge in [-0.05, 0) is 19.4 Å². The third kappa shape index (κ3) is 2.33. The van der Waals surface area contributed by atoms with E-state index < -0.39 is 5.97 Å². The molecule has 0 N–H and O–H groups in total. The number of hydrogen-bond acceptors (Lipinski definition) is 4. The number of fused-ring (bicyclic) bond motifs is 1. The Balaban J connectivity index is 2.22. The lowest BCUT2D eigenvalue weighted by molar-refractivity contribution is 0.0528. The zero-order valence-electron chi connectivity index (χ0n) is 12.2. The van der Waals surface area contributed by atoms with Crippen molar-refractivity contribution in [2.24, 2.45) is 0 Å². The number of ether oxygens (including phenoxy) is 1. The molecule has 0 aliphatic heterocycles. The van der Waals surface area contributed by atoms with Crippen molar-refractivity contribution in [3.63, 3.8) is 0 Å². The Hall–Kier alpha value is -2.40. The maximum Gasteiger partial charge on any atom is 0.343 e. The summed E-state index contributed by atoms with van der Waals surface area (Å²) >= 11 is 6.48. The maximum absolute atomic E-state index is 11.9. The van der Waals surface area contributed by atoms with E-state index in [4.69, 9.17) is 16.3 Å². The first kappa shape index (κ1) is 14.5. The van der Waals surface area contributed by atoms with Crippen molar-refractivity contribution in [3.05, 3.63) is 52.9 Å². The van der Waals surface area contributed by atoms with Crippen molar-refractivity contribution in [1.82, 2.24) is 14.6 Å². The predicted molar refractivity (Wildman–Crippen MR) is 84.1 cm³/mol. The van der Waals surface area contributed by atoms with Crippen LogP contribution in [0, 0.1) is 6.92 Å². The molecule has 22 heavy (non-hydrogen) atoms. The number of rotatable bonds is 3.